The summed E-state index contributed by atoms with van der Waals surface area (Å²) in [6, 6.07) is 8.51. The Morgan fingerprint density at radius 3 is 2.75 bits per heavy atom. The van der Waals surface area contributed by atoms with Gasteiger partial charge in [-0.1, -0.05) is 32.0 Å². The summed E-state index contributed by atoms with van der Waals surface area (Å²) in [6.45, 7) is 7.60. The highest BCUT2D eigenvalue weighted by atomic mass is 16.2. The summed E-state index contributed by atoms with van der Waals surface area (Å²) >= 11 is 0. The second kappa shape index (κ2) is 5.12. The first-order chi connectivity index (χ1) is 9.56. The molecule has 1 saturated heterocycles. The predicted octanol–water partition coefficient (Wildman–Crippen LogP) is 2.92. The third-order valence-electron chi connectivity index (χ3n) is 4.95. The minimum atomic E-state index is -0.0765. The van der Waals surface area contributed by atoms with Crippen LogP contribution in [0.15, 0.2) is 24.3 Å². The van der Waals surface area contributed by atoms with Gasteiger partial charge in [-0.2, -0.15) is 0 Å². The van der Waals surface area contributed by atoms with Crippen LogP contribution >= 0.6 is 0 Å². The van der Waals surface area contributed by atoms with Crippen LogP contribution in [0.25, 0.3) is 0 Å². The number of nitrogens with zero attached hydrogens (tertiary/aromatic N) is 1. The number of likely N-dealkylation sites (tertiary alicyclic amines) is 1. The summed E-state index contributed by atoms with van der Waals surface area (Å²) in [4.78, 5) is 14.9. The lowest BCUT2D eigenvalue weighted by molar-refractivity contribution is -0.137. The minimum Gasteiger partial charge on any atom is -0.373 e. The van der Waals surface area contributed by atoms with Gasteiger partial charge in [0, 0.05) is 24.7 Å². The van der Waals surface area contributed by atoms with Crippen molar-refractivity contribution in [3.05, 3.63) is 29.8 Å². The molecule has 1 aromatic carbocycles. The average Bonchev–Trinajstić information content (AvgIpc) is 2.86. The Morgan fingerprint density at radius 2 is 2.00 bits per heavy atom. The smallest absolute Gasteiger partial charge is 0.245 e. The van der Waals surface area contributed by atoms with E-state index in [0.29, 0.717) is 17.9 Å². The van der Waals surface area contributed by atoms with Gasteiger partial charge in [-0.15, -0.1) is 0 Å². The molecule has 0 saturated carbocycles. The molecule has 3 heteroatoms. The van der Waals surface area contributed by atoms with E-state index in [1.165, 1.54) is 12.0 Å². The highest BCUT2D eigenvalue weighted by Gasteiger charge is 2.37. The molecule has 4 atom stereocenters. The number of nitrogens with one attached hydrogen (secondary N) is 1. The largest absolute Gasteiger partial charge is 0.373 e. The maximum Gasteiger partial charge on any atom is 0.245 e. The first kappa shape index (κ1) is 13.5. The number of anilines is 1. The summed E-state index contributed by atoms with van der Waals surface area (Å²) < 4.78 is 0. The number of carbonyl (C=O) groups is 1. The van der Waals surface area contributed by atoms with Crippen molar-refractivity contribution in [2.75, 3.05) is 11.9 Å². The van der Waals surface area contributed by atoms with E-state index in [-0.39, 0.29) is 11.9 Å². The molecule has 2 heterocycles. The molecule has 0 spiro atoms. The first-order valence-electron chi connectivity index (χ1n) is 7.71. The van der Waals surface area contributed by atoms with Gasteiger partial charge in [-0.3, -0.25) is 4.79 Å². The molecular weight excluding hydrogens is 248 g/mol. The van der Waals surface area contributed by atoms with E-state index in [1.807, 2.05) is 12.1 Å². The van der Waals surface area contributed by atoms with Gasteiger partial charge in [-0.05, 0) is 36.8 Å². The summed E-state index contributed by atoms with van der Waals surface area (Å²) in [5.74, 6) is 1.47. The van der Waals surface area contributed by atoms with Gasteiger partial charge in [0.25, 0.3) is 0 Å². The number of benzene rings is 1. The highest BCUT2D eigenvalue weighted by molar-refractivity contribution is 5.87. The van der Waals surface area contributed by atoms with Crippen molar-refractivity contribution in [3.63, 3.8) is 0 Å². The molecule has 2 aliphatic heterocycles. The fraction of sp³-hybridized carbons (Fsp3) is 0.588. The number of fused-ring (bicyclic) bond motifs is 1. The number of hydrogen-bond acceptors (Lipinski definition) is 2. The molecule has 2 aliphatic rings. The maximum absolute atomic E-state index is 12.8. The molecule has 3 rings (SSSR count). The van der Waals surface area contributed by atoms with Crippen LogP contribution in [0.3, 0.4) is 0 Å². The van der Waals surface area contributed by atoms with Gasteiger partial charge in [0.15, 0.2) is 0 Å². The molecule has 0 aromatic heterocycles. The first-order valence-corrected chi connectivity index (χ1v) is 7.71. The fourth-order valence-corrected chi connectivity index (χ4v) is 3.65. The fourth-order valence-electron chi connectivity index (χ4n) is 3.65. The number of para-hydroxylation sites is 1. The summed E-state index contributed by atoms with van der Waals surface area (Å²) in [6.07, 6.45) is 2.05. The Balaban J connectivity index is 1.74. The van der Waals surface area contributed by atoms with Crippen LogP contribution in [0.2, 0.25) is 0 Å². The Kier molecular flexibility index (Phi) is 3.45. The van der Waals surface area contributed by atoms with Crippen LogP contribution < -0.4 is 5.32 Å². The molecule has 4 unspecified atom stereocenters. The number of rotatable bonds is 1. The zero-order valence-corrected chi connectivity index (χ0v) is 12.6. The van der Waals surface area contributed by atoms with Gasteiger partial charge >= 0.3 is 0 Å². The summed E-state index contributed by atoms with van der Waals surface area (Å²) in [7, 11) is 0. The van der Waals surface area contributed by atoms with Crippen LogP contribution in [-0.4, -0.2) is 29.4 Å². The van der Waals surface area contributed by atoms with E-state index >= 15 is 0 Å². The van der Waals surface area contributed by atoms with Gasteiger partial charge in [0.1, 0.15) is 6.04 Å². The van der Waals surface area contributed by atoms with Gasteiger partial charge in [0.05, 0.1) is 0 Å². The van der Waals surface area contributed by atoms with Crippen LogP contribution in [0, 0.1) is 11.8 Å². The lowest BCUT2D eigenvalue weighted by Crippen LogP contribution is -2.53. The van der Waals surface area contributed by atoms with Crippen LogP contribution in [0.4, 0.5) is 5.69 Å². The molecule has 0 aliphatic carbocycles. The number of piperidine rings is 1. The number of amides is 1. The molecule has 20 heavy (non-hydrogen) atoms. The third-order valence-corrected chi connectivity index (χ3v) is 4.95. The molecule has 1 fully saturated rings. The Labute approximate surface area is 121 Å². The lowest BCUT2D eigenvalue weighted by atomic mass is 9.85. The topological polar surface area (TPSA) is 32.3 Å². The maximum atomic E-state index is 12.8. The standard InChI is InChI=1S/C17H24N2O/c1-11-8-12(2)13(3)19(10-11)17(20)16-9-14-6-4-5-7-15(14)18-16/h4-7,11-13,16,18H,8-10H2,1-3H3. The molecule has 0 radical (unpaired) electrons. The summed E-state index contributed by atoms with van der Waals surface area (Å²) in [5.41, 5.74) is 2.38. The quantitative estimate of drug-likeness (QED) is 0.852. The molecule has 1 amide bonds. The SMILES string of the molecule is CC1CC(C)C(C)N(C(=O)C2Cc3ccccc3N2)C1. The van der Waals surface area contributed by atoms with Crippen molar-refractivity contribution in [1.82, 2.24) is 4.90 Å². The third kappa shape index (κ3) is 2.30. The van der Waals surface area contributed by atoms with Gasteiger partial charge in [-0.25, -0.2) is 0 Å². The molecule has 3 nitrogen and oxygen atoms in total. The Morgan fingerprint density at radius 1 is 1.25 bits per heavy atom. The van der Waals surface area contributed by atoms with Gasteiger partial charge in [0.2, 0.25) is 5.91 Å². The second-order valence-electron chi connectivity index (χ2n) is 6.61. The van der Waals surface area contributed by atoms with Crippen molar-refractivity contribution in [3.8, 4) is 0 Å². The zero-order chi connectivity index (χ0) is 14.3. The van der Waals surface area contributed by atoms with E-state index in [4.69, 9.17) is 0 Å². The van der Waals surface area contributed by atoms with Crippen molar-refractivity contribution < 1.29 is 4.79 Å². The van der Waals surface area contributed by atoms with Crippen LogP contribution in [0.1, 0.15) is 32.8 Å². The van der Waals surface area contributed by atoms with E-state index in [2.05, 4.69) is 43.1 Å². The second-order valence-corrected chi connectivity index (χ2v) is 6.61. The highest BCUT2D eigenvalue weighted by Crippen LogP contribution is 2.30. The average molecular weight is 272 g/mol. The van der Waals surface area contributed by atoms with Crippen LogP contribution in [-0.2, 0) is 11.2 Å². The number of carbonyl (C=O) groups excluding carboxylic acids is 1. The molecule has 108 valence electrons. The van der Waals surface area contributed by atoms with E-state index in [1.54, 1.807) is 0 Å². The van der Waals surface area contributed by atoms with Gasteiger partial charge < -0.3 is 10.2 Å². The molecular formula is C17H24N2O. The van der Waals surface area contributed by atoms with Crippen LogP contribution in [0.5, 0.6) is 0 Å². The van der Waals surface area contributed by atoms with Crippen molar-refractivity contribution in [2.45, 2.75) is 45.7 Å². The van der Waals surface area contributed by atoms with Crippen molar-refractivity contribution in [2.24, 2.45) is 11.8 Å². The Hall–Kier alpha value is -1.51. The summed E-state index contributed by atoms with van der Waals surface area (Å²) in [5, 5.41) is 3.39. The molecule has 1 aromatic rings. The molecule has 0 bridgehead atoms. The van der Waals surface area contributed by atoms with E-state index < -0.39 is 0 Å². The Bertz CT molecular complexity index is 488. The van der Waals surface area contributed by atoms with E-state index in [9.17, 15) is 4.79 Å². The zero-order valence-electron chi connectivity index (χ0n) is 12.6. The van der Waals surface area contributed by atoms with Crippen molar-refractivity contribution in [1.29, 1.82) is 0 Å². The van der Waals surface area contributed by atoms with Crippen molar-refractivity contribution >= 4 is 11.6 Å². The molecule has 1 N–H and O–H groups in total. The lowest BCUT2D eigenvalue weighted by Gasteiger charge is -2.42. The number of hydrogen-bond donors (Lipinski definition) is 1. The minimum absolute atomic E-state index is 0.0765. The predicted molar refractivity (Wildman–Crippen MR) is 81.7 cm³/mol. The normalized spacial score (nSPS) is 32.6. The monoisotopic (exact) mass is 272 g/mol. The van der Waals surface area contributed by atoms with E-state index in [0.717, 1.165) is 18.7 Å².